The van der Waals surface area contributed by atoms with Crippen molar-refractivity contribution in [2.24, 2.45) is 0 Å². The molecular weight excluding hydrogens is 527 g/mol. The molecule has 4 rings (SSSR count). The third kappa shape index (κ3) is 5.86. The zero-order valence-corrected chi connectivity index (χ0v) is 22.6. The van der Waals surface area contributed by atoms with Crippen LogP contribution in [0, 0.1) is 20.8 Å². The topological polar surface area (TPSA) is 59.7 Å². The molecule has 3 aromatic rings. The predicted molar refractivity (Wildman–Crippen MR) is 142 cm³/mol. The minimum Gasteiger partial charge on any atom is -0.491 e. The van der Waals surface area contributed by atoms with Crippen LogP contribution in [0.1, 0.15) is 65.6 Å². The summed E-state index contributed by atoms with van der Waals surface area (Å²) in [4.78, 5) is 27.0. The highest BCUT2D eigenvalue weighted by molar-refractivity contribution is 14.1. The Morgan fingerprint density at radius 3 is 2.70 bits per heavy atom. The molecule has 1 aliphatic heterocycles. The highest BCUT2D eigenvalue weighted by Gasteiger charge is 2.31. The second kappa shape index (κ2) is 11.8. The number of nitrogens with zero attached hydrogens (tertiary/aromatic N) is 4. The number of fused-ring (bicyclic) bond motifs is 1. The summed E-state index contributed by atoms with van der Waals surface area (Å²) in [7, 11) is 0. The smallest absolute Gasteiger partial charge is 0.276 e. The molecule has 178 valence electrons. The summed E-state index contributed by atoms with van der Waals surface area (Å²) in [5.41, 5.74) is 5.72. The zero-order valence-electron chi connectivity index (χ0n) is 20.4. The maximum atomic E-state index is 13.6. The van der Waals surface area contributed by atoms with E-state index in [0.717, 1.165) is 55.7 Å². The first-order chi connectivity index (χ1) is 16.0. The first-order valence-corrected chi connectivity index (χ1v) is 13.9. The minimum absolute atomic E-state index is 0.0321. The Bertz CT molecular complexity index is 1100. The Labute approximate surface area is 210 Å². The van der Waals surface area contributed by atoms with E-state index in [1.54, 1.807) is 0 Å². The van der Waals surface area contributed by atoms with Gasteiger partial charge >= 0.3 is 0 Å². The van der Waals surface area contributed by atoms with Crippen LogP contribution in [0.3, 0.4) is 0 Å². The number of carbonyl (C=O) groups is 1. The Hall–Kier alpha value is -2.16. The monoisotopic (exact) mass is 562 g/mol. The standard InChI is InChI=1S/C25H32N4O2.CH3I/c1-5-14-31-22-10-9-18(3)26-23(22)25(30)29-12-7-6-8-21(29)15-20-16-28-13-11-17(2)19(4)24(28)27-20;1-2/h9-11,13,16,21H,5-8,12,14-15H2,1-4H3;1H3/t21-;/m0./s1. The molecule has 0 aliphatic carbocycles. The van der Waals surface area contributed by atoms with Gasteiger partial charge in [-0.25, -0.2) is 9.97 Å². The summed E-state index contributed by atoms with van der Waals surface area (Å²) in [6, 6.07) is 6.01. The number of aromatic nitrogens is 3. The summed E-state index contributed by atoms with van der Waals surface area (Å²) in [6.07, 6.45) is 8.92. The quantitative estimate of drug-likeness (QED) is 0.285. The van der Waals surface area contributed by atoms with E-state index in [1.165, 1.54) is 11.1 Å². The van der Waals surface area contributed by atoms with Crippen LogP contribution in [-0.2, 0) is 6.42 Å². The maximum absolute atomic E-state index is 13.6. The predicted octanol–water partition coefficient (Wildman–Crippen LogP) is 5.73. The fourth-order valence-electron chi connectivity index (χ4n) is 4.31. The number of carbonyl (C=O) groups excluding carboxylic acids is 1. The molecule has 0 N–H and O–H groups in total. The number of rotatable bonds is 6. The Kier molecular flexibility index (Phi) is 9.11. The molecule has 0 saturated carbocycles. The van der Waals surface area contributed by atoms with Crippen molar-refractivity contribution in [3.05, 3.63) is 58.8 Å². The van der Waals surface area contributed by atoms with Crippen molar-refractivity contribution >= 4 is 34.1 Å². The van der Waals surface area contributed by atoms with E-state index in [-0.39, 0.29) is 11.9 Å². The van der Waals surface area contributed by atoms with Gasteiger partial charge < -0.3 is 14.0 Å². The number of alkyl halides is 1. The van der Waals surface area contributed by atoms with Crippen LogP contribution in [0.2, 0.25) is 0 Å². The van der Waals surface area contributed by atoms with E-state index >= 15 is 0 Å². The average molecular weight is 562 g/mol. The van der Waals surface area contributed by atoms with Crippen LogP contribution in [0.5, 0.6) is 5.75 Å². The summed E-state index contributed by atoms with van der Waals surface area (Å²) in [5, 5.41) is 0. The van der Waals surface area contributed by atoms with Gasteiger partial charge in [0.2, 0.25) is 0 Å². The molecule has 6 nitrogen and oxygen atoms in total. The molecule has 0 radical (unpaired) electrons. The van der Waals surface area contributed by atoms with E-state index in [4.69, 9.17) is 9.72 Å². The van der Waals surface area contributed by atoms with Gasteiger partial charge in [0.05, 0.1) is 12.3 Å². The lowest BCUT2D eigenvalue weighted by Crippen LogP contribution is -2.45. The lowest BCUT2D eigenvalue weighted by atomic mass is 9.97. The van der Waals surface area contributed by atoms with Gasteiger partial charge in [-0.3, -0.25) is 4.79 Å². The Morgan fingerprint density at radius 2 is 1.94 bits per heavy atom. The van der Waals surface area contributed by atoms with Gasteiger partial charge in [-0.05, 0) is 80.7 Å². The molecule has 1 saturated heterocycles. The van der Waals surface area contributed by atoms with Crippen LogP contribution in [-0.4, -0.2) is 49.3 Å². The van der Waals surface area contributed by atoms with Crippen LogP contribution in [0.15, 0.2) is 30.6 Å². The maximum Gasteiger partial charge on any atom is 0.276 e. The number of likely N-dealkylation sites (tertiary alicyclic amines) is 1. The second-order valence-electron chi connectivity index (χ2n) is 8.59. The van der Waals surface area contributed by atoms with Crippen LogP contribution < -0.4 is 4.74 Å². The largest absolute Gasteiger partial charge is 0.491 e. The fraction of sp³-hybridized carbons (Fsp3) is 0.500. The first kappa shape index (κ1) is 25.5. The fourth-order valence-corrected chi connectivity index (χ4v) is 4.31. The first-order valence-electron chi connectivity index (χ1n) is 11.7. The summed E-state index contributed by atoms with van der Waals surface area (Å²) >= 11 is 2.15. The van der Waals surface area contributed by atoms with Gasteiger partial charge in [0.1, 0.15) is 5.65 Å². The van der Waals surface area contributed by atoms with Crippen molar-refractivity contribution in [1.82, 2.24) is 19.3 Å². The molecule has 7 heteroatoms. The molecule has 1 amide bonds. The molecule has 0 bridgehead atoms. The normalized spacial score (nSPS) is 15.8. The lowest BCUT2D eigenvalue weighted by Gasteiger charge is -2.35. The Balaban J connectivity index is 0.00000149. The number of pyridine rings is 2. The van der Waals surface area contributed by atoms with Crippen LogP contribution >= 0.6 is 22.6 Å². The molecule has 0 unspecified atom stereocenters. The van der Waals surface area contributed by atoms with E-state index in [0.29, 0.717) is 18.1 Å². The van der Waals surface area contributed by atoms with Gasteiger partial charge in [0.15, 0.2) is 11.4 Å². The van der Waals surface area contributed by atoms with Gasteiger partial charge in [0, 0.05) is 37.1 Å². The number of halogens is 1. The van der Waals surface area contributed by atoms with Gasteiger partial charge in [-0.15, -0.1) is 0 Å². The number of hydrogen-bond donors (Lipinski definition) is 0. The molecular formula is C26H35IN4O2. The third-order valence-electron chi connectivity index (χ3n) is 6.19. The summed E-state index contributed by atoms with van der Waals surface area (Å²) in [5.74, 6) is 0.552. The van der Waals surface area contributed by atoms with Gasteiger partial charge in [-0.2, -0.15) is 0 Å². The molecule has 3 aromatic heterocycles. The summed E-state index contributed by atoms with van der Waals surface area (Å²) < 4.78 is 7.93. The van der Waals surface area contributed by atoms with Crippen LogP contribution in [0.25, 0.3) is 5.65 Å². The van der Waals surface area contributed by atoms with Gasteiger partial charge in [0.25, 0.3) is 5.91 Å². The number of ether oxygens (including phenoxy) is 1. The highest BCUT2D eigenvalue weighted by atomic mass is 127. The van der Waals surface area contributed by atoms with E-state index < -0.39 is 0 Å². The summed E-state index contributed by atoms with van der Waals surface area (Å²) in [6.45, 7) is 9.51. The molecule has 1 aliphatic rings. The van der Waals surface area contributed by atoms with E-state index in [2.05, 4.69) is 71.2 Å². The molecule has 4 heterocycles. The molecule has 1 atom stereocenters. The van der Waals surface area contributed by atoms with Crippen molar-refractivity contribution in [3.63, 3.8) is 0 Å². The van der Waals surface area contributed by atoms with Gasteiger partial charge in [-0.1, -0.05) is 29.5 Å². The second-order valence-corrected chi connectivity index (χ2v) is 8.59. The number of imidazole rings is 1. The van der Waals surface area contributed by atoms with E-state index in [9.17, 15) is 4.79 Å². The molecule has 1 fully saturated rings. The van der Waals surface area contributed by atoms with Crippen molar-refractivity contribution in [2.75, 3.05) is 18.1 Å². The molecule has 0 aromatic carbocycles. The number of hydrogen-bond acceptors (Lipinski definition) is 4. The zero-order chi connectivity index (χ0) is 24.0. The van der Waals surface area contributed by atoms with Crippen molar-refractivity contribution in [1.29, 1.82) is 0 Å². The van der Waals surface area contributed by atoms with E-state index in [1.807, 2.05) is 28.9 Å². The third-order valence-corrected chi connectivity index (χ3v) is 6.19. The lowest BCUT2D eigenvalue weighted by molar-refractivity contribution is 0.0601. The minimum atomic E-state index is -0.0321. The Morgan fingerprint density at radius 1 is 1.15 bits per heavy atom. The SMILES string of the molecule is CCCOc1ccc(C)nc1C(=O)N1CCCC[C@H]1Cc1cn2ccc(C)c(C)c2n1.CI. The van der Waals surface area contributed by atoms with Crippen molar-refractivity contribution < 1.29 is 9.53 Å². The average Bonchev–Trinajstić information content (AvgIpc) is 3.25. The molecule has 0 spiro atoms. The number of aryl methyl sites for hydroxylation is 3. The number of piperidine rings is 1. The van der Waals surface area contributed by atoms with Crippen LogP contribution in [0.4, 0.5) is 0 Å². The number of amides is 1. The van der Waals surface area contributed by atoms with Crippen molar-refractivity contribution in [2.45, 2.75) is 65.8 Å². The highest BCUT2D eigenvalue weighted by Crippen LogP contribution is 2.26. The van der Waals surface area contributed by atoms with Crippen molar-refractivity contribution in [3.8, 4) is 5.75 Å². The molecule has 33 heavy (non-hydrogen) atoms.